The summed E-state index contributed by atoms with van der Waals surface area (Å²) in [4.78, 5) is 43.4. The first-order chi connectivity index (χ1) is 15.9. The number of nitrogens with zero attached hydrogens (tertiary/aromatic N) is 2. The SMILES string of the molecule is CC(Sc1nc2ccccc2c(=O)n1C1CC1)C(=O)NC(=O)NC12CC3CC(CC(C3)C1)C2. The maximum atomic E-state index is 13.1. The Morgan fingerprint density at radius 1 is 1.09 bits per heavy atom. The number of aromatic nitrogens is 2. The Labute approximate surface area is 197 Å². The van der Waals surface area contributed by atoms with Gasteiger partial charge in [0.15, 0.2) is 5.16 Å². The molecule has 5 fully saturated rings. The van der Waals surface area contributed by atoms with Crippen molar-refractivity contribution >= 4 is 34.6 Å². The highest BCUT2D eigenvalue weighted by Gasteiger charge is 2.51. The Morgan fingerprint density at radius 2 is 1.73 bits per heavy atom. The molecule has 0 spiro atoms. The van der Waals surface area contributed by atoms with Crippen LogP contribution in [0, 0.1) is 17.8 Å². The number of carbonyl (C=O) groups excluding carboxylic acids is 2. The summed E-state index contributed by atoms with van der Waals surface area (Å²) < 4.78 is 1.73. The van der Waals surface area contributed by atoms with Gasteiger partial charge < -0.3 is 5.32 Å². The number of benzene rings is 1. The van der Waals surface area contributed by atoms with Crippen LogP contribution in [0.1, 0.15) is 64.3 Å². The van der Waals surface area contributed by atoms with E-state index in [0.29, 0.717) is 16.1 Å². The zero-order chi connectivity index (χ0) is 22.7. The van der Waals surface area contributed by atoms with Gasteiger partial charge in [0.2, 0.25) is 5.91 Å². The van der Waals surface area contributed by atoms with Crippen LogP contribution in [0.2, 0.25) is 0 Å². The maximum absolute atomic E-state index is 13.1. The van der Waals surface area contributed by atoms with E-state index in [9.17, 15) is 14.4 Å². The molecule has 5 aliphatic rings. The lowest BCUT2D eigenvalue weighted by atomic mass is 9.53. The van der Waals surface area contributed by atoms with Crippen LogP contribution in [0.15, 0.2) is 34.2 Å². The van der Waals surface area contributed by atoms with Crippen LogP contribution in [0.3, 0.4) is 0 Å². The number of rotatable bonds is 5. The second kappa shape index (κ2) is 7.86. The molecule has 8 heteroatoms. The summed E-state index contributed by atoms with van der Waals surface area (Å²) in [5.74, 6) is 1.81. The molecule has 2 aromatic rings. The van der Waals surface area contributed by atoms with E-state index in [2.05, 4.69) is 10.6 Å². The highest BCUT2D eigenvalue weighted by atomic mass is 32.2. The molecule has 0 radical (unpaired) electrons. The molecule has 1 atom stereocenters. The lowest BCUT2D eigenvalue weighted by Gasteiger charge is -2.56. The van der Waals surface area contributed by atoms with E-state index < -0.39 is 5.25 Å². The van der Waals surface area contributed by atoms with E-state index in [1.807, 2.05) is 18.2 Å². The zero-order valence-corrected chi connectivity index (χ0v) is 19.7. The second-order valence-corrected chi connectivity index (χ2v) is 12.0. The molecule has 5 aliphatic carbocycles. The number of imide groups is 1. The number of amides is 3. The lowest BCUT2D eigenvalue weighted by Crippen LogP contribution is -2.62. The van der Waals surface area contributed by atoms with Crippen molar-refractivity contribution in [2.24, 2.45) is 17.8 Å². The summed E-state index contributed by atoms with van der Waals surface area (Å²) >= 11 is 1.25. The minimum absolute atomic E-state index is 0.0576. The number of urea groups is 1. The van der Waals surface area contributed by atoms with Gasteiger partial charge in [0.1, 0.15) is 0 Å². The number of hydrogen-bond acceptors (Lipinski definition) is 5. The molecule has 2 N–H and O–H groups in total. The van der Waals surface area contributed by atoms with Crippen molar-refractivity contribution in [1.29, 1.82) is 0 Å². The first-order valence-corrected chi connectivity index (χ1v) is 13.1. The summed E-state index contributed by atoms with van der Waals surface area (Å²) in [6.45, 7) is 1.76. The molecule has 0 saturated heterocycles. The van der Waals surface area contributed by atoms with E-state index in [1.54, 1.807) is 17.6 Å². The molecule has 1 unspecified atom stereocenters. The third-order valence-electron chi connectivity index (χ3n) is 7.99. The molecule has 4 bridgehead atoms. The first kappa shape index (κ1) is 21.2. The fourth-order valence-electron chi connectivity index (χ4n) is 6.82. The molecule has 5 saturated carbocycles. The third-order valence-corrected chi connectivity index (χ3v) is 9.06. The highest BCUT2D eigenvalue weighted by Crippen LogP contribution is 2.55. The molecule has 1 aromatic heterocycles. The van der Waals surface area contributed by atoms with Gasteiger partial charge in [-0.1, -0.05) is 23.9 Å². The van der Waals surface area contributed by atoms with Gasteiger partial charge >= 0.3 is 6.03 Å². The molecule has 33 heavy (non-hydrogen) atoms. The van der Waals surface area contributed by atoms with E-state index in [0.717, 1.165) is 49.9 Å². The zero-order valence-electron chi connectivity index (χ0n) is 18.9. The van der Waals surface area contributed by atoms with E-state index in [4.69, 9.17) is 4.98 Å². The monoisotopic (exact) mass is 466 g/mol. The quantitative estimate of drug-likeness (QED) is 0.513. The molecule has 1 aromatic carbocycles. The summed E-state index contributed by atoms with van der Waals surface area (Å²) in [5, 5.41) is 6.36. The van der Waals surface area contributed by atoms with Gasteiger partial charge in [0.05, 0.1) is 16.2 Å². The molecule has 1 heterocycles. The Balaban J connectivity index is 1.15. The minimum Gasteiger partial charge on any atom is -0.332 e. The predicted octanol–water partition coefficient (Wildman–Crippen LogP) is 4.01. The van der Waals surface area contributed by atoms with Crippen molar-refractivity contribution in [1.82, 2.24) is 20.2 Å². The number of carbonyl (C=O) groups is 2. The molecule has 3 amide bonds. The number of fused-ring (bicyclic) bond motifs is 1. The number of hydrogen-bond donors (Lipinski definition) is 2. The standard InChI is InChI=1S/C25H30N4O3S/c1-14(33-24-26-20-5-3-2-4-19(20)22(31)29(24)18-6-7-18)21(30)27-23(32)28-25-11-15-8-16(12-25)10-17(9-15)13-25/h2-5,14-18H,6-13H2,1H3,(H2,27,28,30,32). The normalized spacial score (nSPS) is 30.9. The minimum atomic E-state index is -0.551. The van der Waals surface area contributed by atoms with Crippen molar-refractivity contribution in [3.63, 3.8) is 0 Å². The van der Waals surface area contributed by atoms with Crippen molar-refractivity contribution in [3.8, 4) is 0 Å². The summed E-state index contributed by atoms with van der Waals surface area (Å²) in [6.07, 6.45) is 8.92. The van der Waals surface area contributed by atoms with Crippen LogP contribution in [0.4, 0.5) is 4.79 Å². The Kier molecular flexibility index (Phi) is 5.05. The van der Waals surface area contributed by atoms with Gasteiger partial charge in [-0.3, -0.25) is 19.5 Å². The topological polar surface area (TPSA) is 93.1 Å². The summed E-state index contributed by atoms with van der Waals surface area (Å²) in [7, 11) is 0. The van der Waals surface area contributed by atoms with Gasteiger partial charge in [-0.05, 0) is 88.2 Å². The second-order valence-electron chi connectivity index (χ2n) is 10.7. The Bertz CT molecular complexity index is 1150. The number of para-hydroxylation sites is 1. The molecular weight excluding hydrogens is 436 g/mol. The van der Waals surface area contributed by atoms with Gasteiger partial charge in [-0.25, -0.2) is 9.78 Å². The van der Waals surface area contributed by atoms with Crippen LogP contribution < -0.4 is 16.2 Å². The first-order valence-electron chi connectivity index (χ1n) is 12.2. The van der Waals surface area contributed by atoms with Crippen LogP contribution in [0.5, 0.6) is 0 Å². The van der Waals surface area contributed by atoms with Crippen molar-refractivity contribution in [3.05, 3.63) is 34.6 Å². The molecule has 7 nitrogen and oxygen atoms in total. The van der Waals surface area contributed by atoms with Crippen LogP contribution in [-0.4, -0.2) is 32.3 Å². The van der Waals surface area contributed by atoms with Gasteiger partial charge in [-0.15, -0.1) is 0 Å². The summed E-state index contributed by atoms with van der Waals surface area (Å²) in [6, 6.07) is 7.07. The van der Waals surface area contributed by atoms with Crippen molar-refractivity contribution in [2.45, 2.75) is 80.3 Å². The van der Waals surface area contributed by atoms with E-state index in [-0.39, 0.29) is 29.1 Å². The van der Waals surface area contributed by atoms with E-state index in [1.165, 1.54) is 31.0 Å². The third kappa shape index (κ3) is 3.96. The van der Waals surface area contributed by atoms with Crippen LogP contribution >= 0.6 is 11.8 Å². The fraction of sp³-hybridized carbons (Fsp3) is 0.600. The Hall–Kier alpha value is -2.35. The average Bonchev–Trinajstić information content (AvgIpc) is 3.57. The smallest absolute Gasteiger partial charge is 0.321 e. The molecular formula is C25H30N4O3S. The maximum Gasteiger partial charge on any atom is 0.321 e. The largest absolute Gasteiger partial charge is 0.332 e. The fourth-order valence-corrected chi connectivity index (χ4v) is 7.80. The van der Waals surface area contributed by atoms with Crippen LogP contribution in [0.25, 0.3) is 10.9 Å². The highest BCUT2D eigenvalue weighted by molar-refractivity contribution is 8.00. The van der Waals surface area contributed by atoms with E-state index >= 15 is 0 Å². The molecule has 7 rings (SSSR count). The van der Waals surface area contributed by atoms with Gasteiger partial charge in [0, 0.05) is 11.6 Å². The van der Waals surface area contributed by atoms with Crippen molar-refractivity contribution in [2.75, 3.05) is 0 Å². The average molecular weight is 467 g/mol. The predicted molar refractivity (Wildman–Crippen MR) is 127 cm³/mol. The number of nitrogens with one attached hydrogen (secondary N) is 2. The molecule has 174 valence electrons. The lowest BCUT2D eigenvalue weighted by molar-refractivity contribution is -0.119. The van der Waals surface area contributed by atoms with Gasteiger partial charge in [-0.2, -0.15) is 0 Å². The molecule has 0 aliphatic heterocycles. The summed E-state index contributed by atoms with van der Waals surface area (Å²) in [5.41, 5.74) is 0.439. The Morgan fingerprint density at radius 3 is 2.36 bits per heavy atom. The van der Waals surface area contributed by atoms with Gasteiger partial charge in [0.25, 0.3) is 5.56 Å². The van der Waals surface area contributed by atoms with Crippen LogP contribution in [-0.2, 0) is 4.79 Å². The van der Waals surface area contributed by atoms with Crippen molar-refractivity contribution < 1.29 is 9.59 Å². The number of thioether (sulfide) groups is 1.